The first kappa shape index (κ1) is 21.9. The lowest BCUT2D eigenvalue weighted by Gasteiger charge is -2.16. The van der Waals surface area contributed by atoms with Crippen molar-refractivity contribution in [2.24, 2.45) is 23.7 Å². The zero-order valence-electron chi connectivity index (χ0n) is 19.2. The summed E-state index contributed by atoms with van der Waals surface area (Å²) in [5.74, 6) is -1.60. The summed E-state index contributed by atoms with van der Waals surface area (Å²) < 4.78 is 15.4. The summed E-state index contributed by atoms with van der Waals surface area (Å²) in [4.78, 5) is 44.0. The molecule has 9 heteroatoms. The minimum Gasteiger partial charge on any atom is -0.318 e. The molecule has 178 valence electrons. The van der Waals surface area contributed by atoms with Crippen LogP contribution in [0.15, 0.2) is 47.9 Å². The highest BCUT2D eigenvalue weighted by atomic mass is 32.1. The predicted octanol–water partition coefficient (Wildman–Crippen LogP) is 4.10. The summed E-state index contributed by atoms with van der Waals surface area (Å²) in [6.07, 6.45) is 4.92. The van der Waals surface area contributed by atoms with Crippen LogP contribution in [0, 0.1) is 43.3 Å². The molecule has 4 unspecified atom stereocenters. The van der Waals surface area contributed by atoms with E-state index in [1.807, 2.05) is 42.0 Å². The molecule has 0 spiro atoms. The molecule has 1 saturated carbocycles. The maximum atomic E-state index is 13.4. The predicted molar refractivity (Wildman–Crippen MR) is 129 cm³/mol. The molecule has 3 heterocycles. The van der Waals surface area contributed by atoms with Crippen LogP contribution in [0.3, 0.4) is 0 Å². The Morgan fingerprint density at radius 2 is 1.77 bits per heavy atom. The van der Waals surface area contributed by atoms with E-state index in [-0.39, 0.29) is 47.8 Å². The number of rotatable bonds is 5. The Labute approximate surface area is 205 Å². The van der Waals surface area contributed by atoms with Crippen LogP contribution in [0.2, 0.25) is 0 Å². The van der Waals surface area contributed by atoms with Crippen molar-refractivity contribution in [1.29, 1.82) is 0 Å². The maximum Gasteiger partial charge on any atom is 0.246 e. The van der Waals surface area contributed by atoms with Crippen molar-refractivity contribution in [1.82, 2.24) is 14.5 Å². The summed E-state index contributed by atoms with van der Waals surface area (Å²) >= 11 is 1.28. The largest absolute Gasteiger partial charge is 0.318 e. The highest BCUT2D eigenvalue weighted by Gasteiger charge is 2.59. The normalized spacial score (nSPS) is 24.5. The minimum atomic E-state index is -0.440. The number of thiazole rings is 1. The maximum absolute atomic E-state index is 13.4. The molecule has 2 aromatic heterocycles. The van der Waals surface area contributed by atoms with Gasteiger partial charge >= 0.3 is 0 Å². The molecule has 0 radical (unpaired) electrons. The number of carbonyl (C=O) groups excluding carboxylic acids is 3. The number of anilines is 1. The van der Waals surface area contributed by atoms with Crippen LogP contribution in [0.4, 0.5) is 9.52 Å². The number of fused-ring (bicyclic) bond motifs is 5. The fourth-order valence-corrected chi connectivity index (χ4v) is 6.61. The van der Waals surface area contributed by atoms with Crippen molar-refractivity contribution < 1.29 is 18.8 Å². The zero-order valence-corrected chi connectivity index (χ0v) is 20.0. The van der Waals surface area contributed by atoms with Crippen LogP contribution in [0.5, 0.6) is 0 Å². The van der Waals surface area contributed by atoms with Gasteiger partial charge in [-0.1, -0.05) is 12.2 Å². The van der Waals surface area contributed by atoms with E-state index in [4.69, 9.17) is 0 Å². The van der Waals surface area contributed by atoms with E-state index >= 15 is 0 Å². The zero-order chi connectivity index (χ0) is 24.4. The van der Waals surface area contributed by atoms with Gasteiger partial charge in [-0.25, -0.2) is 9.37 Å². The monoisotopic (exact) mass is 490 g/mol. The second-order valence-corrected chi connectivity index (χ2v) is 10.3. The number of nitrogens with zero attached hydrogens (tertiary/aromatic N) is 3. The molecule has 2 bridgehead atoms. The molecule has 1 saturated heterocycles. The van der Waals surface area contributed by atoms with Crippen LogP contribution in [0.25, 0.3) is 16.9 Å². The first-order chi connectivity index (χ1) is 16.8. The third-order valence-electron chi connectivity index (χ3n) is 7.41. The molecule has 2 aliphatic carbocycles. The van der Waals surface area contributed by atoms with E-state index in [9.17, 15) is 18.8 Å². The molecular formula is C26H23FN4O3S. The topological polar surface area (TPSA) is 84.3 Å². The summed E-state index contributed by atoms with van der Waals surface area (Å²) in [6, 6.07) is 8.30. The minimum absolute atomic E-state index is 0.116. The molecule has 1 aromatic carbocycles. The van der Waals surface area contributed by atoms with E-state index in [0.29, 0.717) is 10.8 Å². The van der Waals surface area contributed by atoms with E-state index in [2.05, 4.69) is 10.3 Å². The van der Waals surface area contributed by atoms with Gasteiger partial charge in [0.2, 0.25) is 17.7 Å². The number of imide groups is 1. The van der Waals surface area contributed by atoms with Crippen molar-refractivity contribution in [3.8, 4) is 16.9 Å². The Morgan fingerprint density at radius 1 is 1.11 bits per heavy atom. The average Bonchev–Trinajstić information content (AvgIpc) is 3.64. The van der Waals surface area contributed by atoms with Crippen LogP contribution in [-0.2, 0) is 14.4 Å². The number of nitrogens with one attached hydrogen (secondary N) is 1. The van der Waals surface area contributed by atoms with Crippen molar-refractivity contribution in [2.45, 2.75) is 20.3 Å². The van der Waals surface area contributed by atoms with Crippen molar-refractivity contribution in [3.63, 3.8) is 0 Å². The molecule has 4 atom stereocenters. The second kappa shape index (κ2) is 7.98. The first-order valence-corrected chi connectivity index (χ1v) is 12.4. The standard InChI is InChI=1S/C26H23FN4O3S/c1-13-9-19(14(2)31(13)18-7-5-17(27)6-8-18)20-12-35-26(28-20)29-21(32)11-30-24(33)22-15-3-4-16(10-15)23(22)25(30)34/h3-9,12,15-16,22-23H,10-11H2,1-2H3,(H,28,29,32). The molecule has 7 nitrogen and oxygen atoms in total. The van der Waals surface area contributed by atoms with Gasteiger partial charge in [-0.05, 0) is 62.4 Å². The molecule has 3 aliphatic rings. The molecule has 6 rings (SSSR count). The van der Waals surface area contributed by atoms with Crippen LogP contribution < -0.4 is 5.32 Å². The van der Waals surface area contributed by atoms with E-state index in [1.165, 1.54) is 23.5 Å². The third kappa shape index (κ3) is 3.44. The fourth-order valence-electron chi connectivity index (χ4n) is 5.89. The van der Waals surface area contributed by atoms with Gasteiger partial charge in [-0.15, -0.1) is 11.3 Å². The number of aryl methyl sites for hydroxylation is 1. The van der Waals surface area contributed by atoms with Crippen molar-refractivity contribution in [3.05, 3.63) is 65.1 Å². The lowest BCUT2D eigenvalue weighted by atomic mass is 9.85. The van der Waals surface area contributed by atoms with E-state index in [1.54, 1.807) is 12.1 Å². The SMILES string of the molecule is Cc1cc(-c2csc(NC(=O)CN3C(=O)C4C5C=CC(C5)C4C3=O)n2)c(C)n1-c1ccc(F)cc1. The van der Waals surface area contributed by atoms with Crippen LogP contribution in [0.1, 0.15) is 17.8 Å². The van der Waals surface area contributed by atoms with Gasteiger partial charge in [0.25, 0.3) is 0 Å². The second-order valence-electron chi connectivity index (χ2n) is 9.45. The number of likely N-dealkylation sites (tertiary alicyclic amines) is 1. The summed E-state index contributed by atoms with van der Waals surface area (Å²) in [5, 5.41) is 4.99. The van der Waals surface area contributed by atoms with Gasteiger partial charge in [0.15, 0.2) is 5.13 Å². The molecular weight excluding hydrogens is 467 g/mol. The molecule has 1 aliphatic heterocycles. The summed E-state index contributed by atoms with van der Waals surface area (Å²) in [7, 11) is 0. The number of aromatic nitrogens is 2. The Bertz CT molecular complexity index is 1380. The van der Waals surface area contributed by atoms with E-state index < -0.39 is 5.91 Å². The lowest BCUT2D eigenvalue weighted by molar-refractivity contribution is -0.143. The van der Waals surface area contributed by atoms with Crippen molar-refractivity contribution in [2.75, 3.05) is 11.9 Å². The van der Waals surface area contributed by atoms with Gasteiger partial charge in [0.1, 0.15) is 12.4 Å². The number of carbonyl (C=O) groups is 3. The number of hydrogen-bond acceptors (Lipinski definition) is 5. The Morgan fingerprint density at radius 3 is 2.43 bits per heavy atom. The smallest absolute Gasteiger partial charge is 0.246 e. The average molecular weight is 491 g/mol. The number of hydrogen-bond donors (Lipinski definition) is 1. The Kier molecular flexibility index (Phi) is 5.00. The number of amides is 3. The van der Waals surface area contributed by atoms with Gasteiger partial charge in [-0.2, -0.15) is 0 Å². The third-order valence-corrected chi connectivity index (χ3v) is 8.16. The molecule has 35 heavy (non-hydrogen) atoms. The molecule has 1 N–H and O–H groups in total. The highest BCUT2D eigenvalue weighted by molar-refractivity contribution is 7.14. The molecule has 2 fully saturated rings. The molecule has 3 aromatic rings. The number of benzene rings is 1. The van der Waals surface area contributed by atoms with Crippen molar-refractivity contribution >= 4 is 34.2 Å². The lowest BCUT2D eigenvalue weighted by Crippen LogP contribution is -2.39. The quantitative estimate of drug-likeness (QED) is 0.431. The Hall–Kier alpha value is -3.59. The van der Waals surface area contributed by atoms with Crippen LogP contribution in [-0.4, -0.2) is 38.7 Å². The van der Waals surface area contributed by atoms with Gasteiger partial charge in [-0.3, -0.25) is 19.3 Å². The first-order valence-electron chi connectivity index (χ1n) is 11.6. The van der Waals surface area contributed by atoms with Gasteiger partial charge in [0.05, 0.1) is 17.5 Å². The van der Waals surface area contributed by atoms with Crippen LogP contribution >= 0.6 is 11.3 Å². The summed E-state index contributed by atoms with van der Waals surface area (Å²) in [6.45, 7) is 3.64. The number of halogens is 1. The molecule has 3 amide bonds. The van der Waals surface area contributed by atoms with E-state index in [0.717, 1.165) is 34.0 Å². The number of allylic oxidation sites excluding steroid dienone is 2. The summed E-state index contributed by atoms with van der Waals surface area (Å²) in [5.41, 5.74) is 4.38. The van der Waals surface area contributed by atoms with Gasteiger partial charge in [0, 0.05) is 28.0 Å². The Balaban J connectivity index is 1.16. The highest BCUT2D eigenvalue weighted by Crippen LogP contribution is 2.52. The van der Waals surface area contributed by atoms with Gasteiger partial charge < -0.3 is 9.88 Å². The fraction of sp³-hybridized carbons (Fsp3) is 0.308.